The van der Waals surface area contributed by atoms with Crippen molar-refractivity contribution in [3.63, 3.8) is 0 Å². The van der Waals surface area contributed by atoms with Gasteiger partial charge in [-0.25, -0.2) is 0 Å². The van der Waals surface area contributed by atoms with Crippen LogP contribution >= 0.6 is 0 Å². The second-order valence-electron chi connectivity index (χ2n) is 8.06. The summed E-state index contributed by atoms with van der Waals surface area (Å²) in [6.07, 6.45) is 8.30. The maximum absolute atomic E-state index is 5.53. The van der Waals surface area contributed by atoms with Gasteiger partial charge >= 0.3 is 0 Å². The molecule has 3 aliphatic rings. The van der Waals surface area contributed by atoms with Gasteiger partial charge in [0, 0.05) is 24.2 Å². The molecule has 3 atom stereocenters. The number of benzene rings is 1. The van der Waals surface area contributed by atoms with Gasteiger partial charge in [0.25, 0.3) is 0 Å². The van der Waals surface area contributed by atoms with Gasteiger partial charge in [-0.2, -0.15) is 0 Å². The Hall–Kier alpha value is -1.02. The highest BCUT2D eigenvalue weighted by atomic mass is 16.5. The Kier molecular flexibility index (Phi) is 2.91. The molecule has 1 aromatic rings. The van der Waals surface area contributed by atoms with Crippen LogP contribution in [0, 0.1) is 5.92 Å². The third-order valence-corrected chi connectivity index (χ3v) is 6.88. The Bertz CT molecular complexity index is 565. The van der Waals surface area contributed by atoms with E-state index in [0.29, 0.717) is 5.41 Å². The van der Waals surface area contributed by atoms with Crippen molar-refractivity contribution in [2.75, 3.05) is 27.7 Å². The summed E-state index contributed by atoms with van der Waals surface area (Å²) in [5.74, 6) is 1.93. The molecule has 1 heterocycles. The quantitative estimate of drug-likeness (QED) is 0.718. The molecule has 2 bridgehead atoms. The van der Waals surface area contributed by atoms with Gasteiger partial charge in [-0.05, 0) is 36.1 Å². The van der Waals surface area contributed by atoms with Crippen LogP contribution in [0.15, 0.2) is 18.2 Å². The largest absolute Gasteiger partial charge is 0.497 e. The zero-order valence-electron chi connectivity index (χ0n) is 13.7. The van der Waals surface area contributed by atoms with E-state index in [1.54, 1.807) is 18.2 Å². The van der Waals surface area contributed by atoms with Gasteiger partial charge in [0.1, 0.15) is 5.75 Å². The number of piperidine rings is 1. The number of hydrogen-bond donors (Lipinski definition) is 0. The molecule has 1 aromatic carbocycles. The van der Waals surface area contributed by atoms with Crippen LogP contribution in [-0.2, 0) is 11.8 Å². The molecule has 2 nitrogen and oxygen atoms in total. The van der Waals surface area contributed by atoms with E-state index in [0.717, 1.165) is 17.7 Å². The molecule has 0 amide bonds. The summed E-state index contributed by atoms with van der Waals surface area (Å²) >= 11 is 0. The third kappa shape index (κ3) is 1.81. The minimum Gasteiger partial charge on any atom is -0.497 e. The lowest BCUT2D eigenvalue weighted by molar-refractivity contribution is -0.927. The van der Waals surface area contributed by atoms with E-state index in [4.69, 9.17) is 4.74 Å². The number of ether oxygens (including phenoxy) is 1. The maximum atomic E-state index is 5.53. The zero-order chi connectivity index (χ0) is 14.7. The highest BCUT2D eigenvalue weighted by molar-refractivity contribution is 5.45. The number of rotatable bonds is 1. The molecular weight excluding hydrogens is 258 g/mol. The Morgan fingerprint density at radius 3 is 2.86 bits per heavy atom. The molecule has 3 unspecified atom stereocenters. The molecule has 4 rings (SSSR count). The molecule has 0 radical (unpaired) electrons. The van der Waals surface area contributed by atoms with Crippen LogP contribution in [0.5, 0.6) is 5.75 Å². The molecule has 114 valence electrons. The third-order valence-electron chi connectivity index (χ3n) is 6.88. The Labute approximate surface area is 128 Å². The first kappa shape index (κ1) is 13.6. The second kappa shape index (κ2) is 4.49. The van der Waals surface area contributed by atoms with Crippen LogP contribution in [0.25, 0.3) is 0 Å². The number of likely N-dealkylation sites (N-methyl/N-ethyl adjacent to an activating group) is 1. The van der Waals surface area contributed by atoms with Crippen molar-refractivity contribution < 1.29 is 9.22 Å². The van der Waals surface area contributed by atoms with Gasteiger partial charge in [0.2, 0.25) is 0 Å². The minimum atomic E-state index is 0.457. The van der Waals surface area contributed by atoms with E-state index < -0.39 is 0 Å². The van der Waals surface area contributed by atoms with Crippen LogP contribution in [0.3, 0.4) is 0 Å². The van der Waals surface area contributed by atoms with Crippen LogP contribution < -0.4 is 4.74 Å². The lowest BCUT2D eigenvalue weighted by atomic mass is 9.52. The maximum Gasteiger partial charge on any atom is 0.119 e. The van der Waals surface area contributed by atoms with Crippen LogP contribution in [-0.4, -0.2) is 38.3 Å². The summed E-state index contributed by atoms with van der Waals surface area (Å²) in [5, 5.41) is 0. The molecule has 1 aliphatic heterocycles. The predicted octanol–water partition coefficient (Wildman–Crippen LogP) is 3.53. The first-order chi connectivity index (χ1) is 10.1. The standard InChI is InChI=1S/C19H28NO/c1-20(2)11-10-19-9-5-4-6-16(19)18(20)12-14-7-8-15(21-3)13-17(14)19/h7-8,13,16,18H,4-6,9-12H2,1-3H3/q+1. The number of hydrogen-bond acceptors (Lipinski definition) is 1. The molecule has 21 heavy (non-hydrogen) atoms. The summed E-state index contributed by atoms with van der Waals surface area (Å²) < 4.78 is 6.75. The zero-order valence-corrected chi connectivity index (χ0v) is 13.7. The molecule has 2 fully saturated rings. The van der Waals surface area contributed by atoms with Crippen LogP contribution in [0.4, 0.5) is 0 Å². The molecule has 2 aliphatic carbocycles. The molecule has 2 heteroatoms. The summed E-state index contributed by atoms with van der Waals surface area (Å²) in [4.78, 5) is 0. The molecule has 0 aromatic heterocycles. The van der Waals surface area contributed by atoms with Gasteiger partial charge in [0.15, 0.2) is 0 Å². The van der Waals surface area contributed by atoms with Crippen LogP contribution in [0.1, 0.15) is 43.2 Å². The fraction of sp³-hybridized carbons (Fsp3) is 0.684. The Morgan fingerprint density at radius 1 is 1.19 bits per heavy atom. The van der Waals surface area contributed by atoms with E-state index in [2.05, 4.69) is 32.3 Å². The van der Waals surface area contributed by atoms with Crippen LogP contribution in [0.2, 0.25) is 0 Å². The molecule has 0 spiro atoms. The summed E-state index contributed by atoms with van der Waals surface area (Å²) in [7, 11) is 6.71. The van der Waals surface area contributed by atoms with Crippen molar-refractivity contribution in [3.8, 4) is 5.75 Å². The highest BCUT2D eigenvalue weighted by Crippen LogP contribution is 2.57. The number of methoxy groups -OCH3 is 1. The van der Waals surface area contributed by atoms with E-state index in [1.165, 1.54) is 49.6 Å². The average molecular weight is 286 g/mol. The summed E-state index contributed by atoms with van der Waals surface area (Å²) in [6, 6.07) is 7.70. The van der Waals surface area contributed by atoms with Crippen molar-refractivity contribution in [3.05, 3.63) is 29.3 Å². The fourth-order valence-corrected chi connectivity index (χ4v) is 5.69. The smallest absolute Gasteiger partial charge is 0.119 e. The Balaban J connectivity index is 1.89. The van der Waals surface area contributed by atoms with E-state index >= 15 is 0 Å². The number of likely N-dealkylation sites (tertiary alicyclic amines) is 1. The van der Waals surface area contributed by atoms with Gasteiger partial charge < -0.3 is 9.22 Å². The minimum absolute atomic E-state index is 0.457. The van der Waals surface area contributed by atoms with E-state index in [-0.39, 0.29) is 0 Å². The van der Waals surface area contributed by atoms with Crippen molar-refractivity contribution >= 4 is 0 Å². The first-order valence-corrected chi connectivity index (χ1v) is 8.57. The topological polar surface area (TPSA) is 9.23 Å². The summed E-state index contributed by atoms with van der Waals surface area (Å²) in [6.45, 7) is 1.33. The number of fused-ring (bicyclic) bond motifs is 1. The molecular formula is C19H28NO+. The highest BCUT2D eigenvalue weighted by Gasteiger charge is 2.57. The fourth-order valence-electron chi connectivity index (χ4n) is 5.69. The van der Waals surface area contributed by atoms with E-state index in [9.17, 15) is 0 Å². The van der Waals surface area contributed by atoms with Crippen molar-refractivity contribution in [2.24, 2.45) is 5.92 Å². The van der Waals surface area contributed by atoms with Gasteiger partial charge in [0.05, 0.1) is 33.8 Å². The monoisotopic (exact) mass is 286 g/mol. The average Bonchev–Trinajstić information content (AvgIpc) is 2.51. The summed E-state index contributed by atoms with van der Waals surface area (Å²) in [5.41, 5.74) is 3.70. The lowest BCUT2D eigenvalue weighted by Crippen LogP contribution is -2.66. The van der Waals surface area contributed by atoms with Gasteiger partial charge in [-0.15, -0.1) is 0 Å². The van der Waals surface area contributed by atoms with E-state index in [1.807, 2.05) is 0 Å². The van der Waals surface area contributed by atoms with Gasteiger partial charge in [-0.3, -0.25) is 0 Å². The predicted molar refractivity (Wildman–Crippen MR) is 85.7 cm³/mol. The molecule has 1 saturated carbocycles. The normalized spacial score (nSPS) is 36.5. The number of nitrogens with zero attached hydrogens (tertiary/aromatic N) is 1. The second-order valence-corrected chi connectivity index (χ2v) is 8.06. The van der Waals surface area contributed by atoms with Crippen molar-refractivity contribution in [1.29, 1.82) is 0 Å². The first-order valence-electron chi connectivity index (χ1n) is 8.57. The lowest BCUT2D eigenvalue weighted by Gasteiger charge is -2.60. The van der Waals surface area contributed by atoms with Crippen molar-refractivity contribution in [2.45, 2.75) is 50.0 Å². The molecule has 1 saturated heterocycles. The molecule has 0 N–H and O–H groups in total. The number of quaternary nitrogens is 1. The Morgan fingerprint density at radius 2 is 2.05 bits per heavy atom. The van der Waals surface area contributed by atoms with Gasteiger partial charge in [-0.1, -0.05) is 18.9 Å². The SMILES string of the molecule is COc1ccc2c(c1)C13CCCCC1C(C2)[N+](C)(C)CC3. The van der Waals surface area contributed by atoms with Crippen molar-refractivity contribution in [1.82, 2.24) is 0 Å².